The van der Waals surface area contributed by atoms with E-state index in [2.05, 4.69) is 25.2 Å². The van der Waals surface area contributed by atoms with Crippen LogP contribution in [0.15, 0.2) is 18.2 Å². The fourth-order valence-corrected chi connectivity index (χ4v) is 2.80. The lowest BCUT2D eigenvalue weighted by molar-refractivity contribution is 0.261. The Labute approximate surface area is 114 Å². The van der Waals surface area contributed by atoms with Crippen LogP contribution in [0.4, 0.5) is 5.69 Å². The van der Waals surface area contributed by atoms with Crippen LogP contribution < -0.4 is 5.32 Å². The zero-order valence-corrected chi connectivity index (χ0v) is 11.7. The number of nitriles is 1. The predicted molar refractivity (Wildman–Crippen MR) is 75.8 cm³/mol. The van der Waals surface area contributed by atoms with Crippen molar-refractivity contribution in [1.82, 2.24) is 0 Å². The van der Waals surface area contributed by atoms with E-state index in [0.717, 1.165) is 17.5 Å². The van der Waals surface area contributed by atoms with E-state index in [1.54, 1.807) is 12.1 Å². The Morgan fingerprint density at radius 3 is 2.72 bits per heavy atom. The van der Waals surface area contributed by atoms with Crippen LogP contribution in [-0.2, 0) is 0 Å². The number of benzene rings is 1. The van der Waals surface area contributed by atoms with Gasteiger partial charge in [-0.2, -0.15) is 5.26 Å². The molecule has 0 aliphatic heterocycles. The number of nitrogens with zero attached hydrogens (tertiary/aromatic N) is 1. The van der Waals surface area contributed by atoms with Gasteiger partial charge >= 0.3 is 0 Å². The highest BCUT2D eigenvalue weighted by Gasteiger charge is 2.24. The first-order valence-corrected chi connectivity index (χ1v) is 6.94. The second-order valence-electron chi connectivity index (χ2n) is 5.41. The Hall–Kier alpha value is -1.20. The summed E-state index contributed by atoms with van der Waals surface area (Å²) in [6, 6.07) is 8.06. The quantitative estimate of drug-likeness (QED) is 0.855. The molecule has 1 fully saturated rings. The minimum Gasteiger partial charge on any atom is -0.381 e. The first-order valence-electron chi connectivity index (χ1n) is 6.56. The average molecular weight is 263 g/mol. The number of rotatable bonds is 2. The molecule has 0 radical (unpaired) electrons. The van der Waals surface area contributed by atoms with Gasteiger partial charge in [-0.15, -0.1) is 0 Å². The first-order chi connectivity index (χ1) is 8.60. The van der Waals surface area contributed by atoms with Crippen molar-refractivity contribution in [2.45, 2.75) is 39.2 Å². The molecule has 1 saturated carbocycles. The maximum atomic E-state index is 9.10. The number of nitrogens with one attached hydrogen (secondary N) is 1. The largest absolute Gasteiger partial charge is 0.381 e. The summed E-state index contributed by atoms with van der Waals surface area (Å²) >= 11 is 5.99. The normalized spacial score (nSPS) is 27.6. The molecule has 0 saturated heterocycles. The Morgan fingerprint density at radius 1 is 1.28 bits per heavy atom. The van der Waals surface area contributed by atoms with Crippen LogP contribution in [0.2, 0.25) is 5.02 Å². The smallest absolute Gasteiger partial charge is 0.101 e. The van der Waals surface area contributed by atoms with Crippen LogP contribution in [0.5, 0.6) is 0 Å². The molecule has 3 atom stereocenters. The maximum Gasteiger partial charge on any atom is 0.101 e. The molecule has 2 rings (SSSR count). The van der Waals surface area contributed by atoms with Crippen LogP contribution in [0.1, 0.15) is 38.7 Å². The molecule has 1 aliphatic carbocycles. The molecule has 0 spiro atoms. The zero-order chi connectivity index (χ0) is 13.1. The Kier molecular flexibility index (Phi) is 4.14. The van der Waals surface area contributed by atoms with Gasteiger partial charge in [0.05, 0.1) is 11.3 Å². The van der Waals surface area contributed by atoms with Gasteiger partial charge in [0.1, 0.15) is 6.07 Å². The van der Waals surface area contributed by atoms with E-state index in [-0.39, 0.29) is 0 Å². The molecule has 18 heavy (non-hydrogen) atoms. The van der Waals surface area contributed by atoms with Gasteiger partial charge < -0.3 is 5.32 Å². The SMILES string of the molecule is CC1CCC(Nc2cc(Cl)ccc2C#N)CC1C. The lowest BCUT2D eigenvalue weighted by atomic mass is 9.79. The van der Waals surface area contributed by atoms with Crippen LogP contribution in [0, 0.1) is 23.2 Å². The van der Waals surface area contributed by atoms with Gasteiger partial charge in [0.25, 0.3) is 0 Å². The lowest BCUT2D eigenvalue weighted by Gasteiger charge is -2.33. The monoisotopic (exact) mass is 262 g/mol. The van der Waals surface area contributed by atoms with Crippen molar-refractivity contribution in [3.8, 4) is 6.07 Å². The topological polar surface area (TPSA) is 35.8 Å². The van der Waals surface area contributed by atoms with Gasteiger partial charge in [0, 0.05) is 11.1 Å². The van der Waals surface area contributed by atoms with E-state index >= 15 is 0 Å². The van der Waals surface area contributed by atoms with E-state index in [1.807, 2.05) is 6.07 Å². The molecule has 96 valence electrons. The summed E-state index contributed by atoms with van der Waals surface area (Å²) < 4.78 is 0. The maximum absolute atomic E-state index is 9.10. The second-order valence-corrected chi connectivity index (χ2v) is 5.85. The van der Waals surface area contributed by atoms with E-state index in [1.165, 1.54) is 19.3 Å². The van der Waals surface area contributed by atoms with E-state index in [9.17, 15) is 0 Å². The molecule has 0 aromatic heterocycles. The van der Waals surface area contributed by atoms with Crippen molar-refractivity contribution in [3.63, 3.8) is 0 Å². The van der Waals surface area contributed by atoms with Crippen LogP contribution in [-0.4, -0.2) is 6.04 Å². The van der Waals surface area contributed by atoms with Gasteiger partial charge in [-0.25, -0.2) is 0 Å². The van der Waals surface area contributed by atoms with Crippen LogP contribution >= 0.6 is 11.6 Å². The van der Waals surface area contributed by atoms with E-state index in [0.29, 0.717) is 16.6 Å². The highest BCUT2D eigenvalue weighted by molar-refractivity contribution is 6.30. The lowest BCUT2D eigenvalue weighted by Crippen LogP contribution is -2.30. The standard InChI is InChI=1S/C15H19ClN2/c1-10-3-6-14(7-11(10)2)18-15-8-13(16)5-4-12(15)9-17/h4-5,8,10-11,14,18H,3,6-7H2,1-2H3. The summed E-state index contributed by atoms with van der Waals surface area (Å²) in [7, 11) is 0. The number of anilines is 1. The van der Waals surface area contributed by atoms with Crippen molar-refractivity contribution in [3.05, 3.63) is 28.8 Å². The van der Waals surface area contributed by atoms with Gasteiger partial charge in [-0.05, 0) is 49.3 Å². The van der Waals surface area contributed by atoms with Crippen molar-refractivity contribution in [2.24, 2.45) is 11.8 Å². The average Bonchev–Trinajstić information content (AvgIpc) is 2.34. The minimum absolute atomic E-state index is 0.460. The molecule has 1 aliphatic rings. The third kappa shape index (κ3) is 2.97. The van der Waals surface area contributed by atoms with Crippen molar-refractivity contribution < 1.29 is 0 Å². The number of halogens is 1. The van der Waals surface area contributed by atoms with Crippen LogP contribution in [0.3, 0.4) is 0 Å². The predicted octanol–water partition coefficient (Wildman–Crippen LogP) is 4.45. The van der Waals surface area contributed by atoms with E-state index in [4.69, 9.17) is 16.9 Å². The minimum atomic E-state index is 0.460. The van der Waals surface area contributed by atoms with E-state index < -0.39 is 0 Å². The molecule has 0 bridgehead atoms. The van der Waals surface area contributed by atoms with Gasteiger partial charge in [-0.3, -0.25) is 0 Å². The molecular weight excluding hydrogens is 244 g/mol. The van der Waals surface area contributed by atoms with Gasteiger partial charge in [0.15, 0.2) is 0 Å². The fraction of sp³-hybridized carbons (Fsp3) is 0.533. The molecule has 1 aromatic rings. The summed E-state index contributed by atoms with van der Waals surface area (Å²) in [5, 5.41) is 13.3. The molecule has 3 heteroatoms. The second kappa shape index (κ2) is 5.63. The van der Waals surface area contributed by atoms with Gasteiger partial charge in [-0.1, -0.05) is 25.4 Å². The Balaban J connectivity index is 2.10. The van der Waals surface area contributed by atoms with Crippen molar-refractivity contribution >= 4 is 17.3 Å². The third-order valence-corrected chi connectivity index (χ3v) is 4.29. The summed E-state index contributed by atoms with van der Waals surface area (Å²) in [4.78, 5) is 0. The fourth-order valence-electron chi connectivity index (χ4n) is 2.63. The summed E-state index contributed by atoms with van der Waals surface area (Å²) in [6.07, 6.45) is 3.59. The zero-order valence-electron chi connectivity index (χ0n) is 10.9. The van der Waals surface area contributed by atoms with Gasteiger partial charge in [0.2, 0.25) is 0 Å². The number of hydrogen-bond donors (Lipinski definition) is 1. The summed E-state index contributed by atoms with van der Waals surface area (Å²) in [5.41, 5.74) is 1.54. The summed E-state index contributed by atoms with van der Waals surface area (Å²) in [6.45, 7) is 4.63. The molecular formula is C15H19ClN2. The van der Waals surface area contributed by atoms with Crippen molar-refractivity contribution in [2.75, 3.05) is 5.32 Å². The first kappa shape index (κ1) is 13.2. The molecule has 3 unspecified atom stereocenters. The third-order valence-electron chi connectivity index (χ3n) is 4.06. The molecule has 2 nitrogen and oxygen atoms in total. The highest BCUT2D eigenvalue weighted by atomic mass is 35.5. The molecule has 0 amide bonds. The highest BCUT2D eigenvalue weighted by Crippen LogP contribution is 2.32. The number of hydrogen-bond acceptors (Lipinski definition) is 2. The molecule has 1 aromatic carbocycles. The van der Waals surface area contributed by atoms with Crippen LogP contribution in [0.25, 0.3) is 0 Å². The molecule has 1 N–H and O–H groups in total. The Bertz CT molecular complexity index is 464. The Morgan fingerprint density at radius 2 is 2.06 bits per heavy atom. The molecule has 0 heterocycles. The van der Waals surface area contributed by atoms with Crippen molar-refractivity contribution in [1.29, 1.82) is 5.26 Å². The summed E-state index contributed by atoms with van der Waals surface area (Å²) in [5.74, 6) is 1.54.